The number of aromatic nitrogens is 1. The number of H-pyrrole nitrogens is 1. The van der Waals surface area contributed by atoms with E-state index in [0.717, 1.165) is 54.3 Å². The van der Waals surface area contributed by atoms with E-state index in [2.05, 4.69) is 36.0 Å². The summed E-state index contributed by atoms with van der Waals surface area (Å²) in [6, 6.07) is 4.80. The quantitative estimate of drug-likeness (QED) is 0.797. The summed E-state index contributed by atoms with van der Waals surface area (Å²) in [5.74, 6) is 2.33. The van der Waals surface area contributed by atoms with Gasteiger partial charge in [0.15, 0.2) is 11.5 Å². The number of nitrogens with zero attached hydrogens (tertiary/aromatic N) is 2. The molecule has 1 saturated heterocycles. The molecule has 1 spiro atoms. The molecule has 170 valence electrons. The van der Waals surface area contributed by atoms with Crippen LogP contribution >= 0.6 is 0 Å². The summed E-state index contributed by atoms with van der Waals surface area (Å²) in [7, 11) is 4.00. The van der Waals surface area contributed by atoms with Crippen LogP contribution in [-0.2, 0) is 18.3 Å². The van der Waals surface area contributed by atoms with Gasteiger partial charge in [0.25, 0.3) is 5.91 Å². The van der Waals surface area contributed by atoms with Crippen LogP contribution in [0.15, 0.2) is 12.1 Å². The largest absolute Gasteiger partial charge is 0.493 e. The average Bonchev–Trinajstić information content (AvgIpc) is 3.31. The zero-order valence-electron chi connectivity index (χ0n) is 19.7. The Bertz CT molecular complexity index is 1120. The Morgan fingerprint density at radius 3 is 2.81 bits per heavy atom. The third-order valence-corrected chi connectivity index (χ3v) is 8.96. The van der Waals surface area contributed by atoms with Crippen molar-refractivity contribution in [2.45, 2.75) is 57.6 Å². The fourth-order valence-electron chi connectivity index (χ4n) is 7.32. The molecule has 6 heteroatoms. The van der Waals surface area contributed by atoms with Crippen molar-refractivity contribution in [3.8, 4) is 11.5 Å². The molecule has 3 heterocycles. The van der Waals surface area contributed by atoms with Crippen LogP contribution in [0.3, 0.4) is 0 Å². The minimum atomic E-state index is -0.0882. The highest BCUT2D eigenvalue weighted by Crippen LogP contribution is 2.67. The Morgan fingerprint density at radius 1 is 1.31 bits per heavy atom. The number of carbonyl (C=O) groups is 1. The fraction of sp³-hybridized carbons (Fsp3) is 0.577. The molecule has 1 N–H and O–H groups in total. The first-order chi connectivity index (χ1) is 15.5. The number of piperidine rings is 1. The van der Waals surface area contributed by atoms with Crippen molar-refractivity contribution in [3.63, 3.8) is 0 Å². The molecule has 6 nitrogen and oxygen atoms in total. The number of nitrogens with one attached hydrogen (secondary N) is 1. The standard InChI is InChI=1S/C26H33N3O3/c1-6-29(7-2)25(30)21-14(3)16-13-17-18-12-15-8-9-19(31-5)23-20(15)26(17,10-11-28(18)4)24(32-23)22(16)27-21/h8-9,17-18,24,27H,6-7,10-13H2,1-5H3. The lowest BCUT2D eigenvalue weighted by Crippen LogP contribution is -2.62. The zero-order chi connectivity index (χ0) is 22.4. The molecule has 4 unspecified atom stereocenters. The lowest BCUT2D eigenvalue weighted by Gasteiger charge is -2.57. The van der Waals surface area contributed by atoms with Crippen LogP contribution in [0, 0.1) is 12.8 Å². The van der Waals surface area contributed by atoms with Gasteiger partial charge in [-0.05, 0) is 82.3 Å². The topological polar surface area (TPSA) is 57.8 Å². The Balaban J connectivity index is 1.56. The number of benzene rings is 1. The molecule has 0 radical (unpaired) electrons. The highest BCUT2D eigenvalue weighted by Gasteiger charge is 2.65. The second kappa shape index (κ2) is 6.77. The van der Waals surface area contributed by atoms with Gasteiger partial charge in [-0.25, -0.2) is 0 Å². The molecular weight excluding hydrogens is 402 g/mol. The maximum Gasteiger partial charge on any atom is 0.270 e. The van der Waals surface area contributed by atoms with Crippen LogP contribution in [0.2, 0.25) is 0 Å². The van der Waals surface area contributed by atoms with Gasteiger partial charge in [-0.3, -0.25) is 4.79 Å². The molecule has 1 fully saturated rings. The molecule has 1 amide bonds. The molecule has 2 aromatic rings. The van der Waals surface area contributed by atoms with Gasteiger partial charge in [-0.15, -0.1) is 0 Å². The number of rotatable bonds is 4. The minimum Gasteiger partial charge on any atom is -0.493 e. The van der Waals surface area contributed by atoms with Crippen molar-refractivity contribution in [2.24, 2.45) is 5.92 Å². The van der Waals surface area contributed by atoms with Crippen LogP contribution in [0.5, 0.6) is 11.5 Å². The Hall–Kier alpha value is -2.47. The fourth-order valence-corrected chi connectivity index (χ4v) is 7.32. The molecule has 0 saturated carbocycles. The van der Waals surface area contributed by atoms with Gasteiger partial charge in [-0.2, -0.15) is 0 Å². The Morgan fingerprint density at radius 2 is 2.09 bits per heavy atom. The third-order valence-electron chi connectivity index (χ3n) is 8.96. The predicted molar refractivity (Wildman–Crippen MR) is 123 cm³/mol. The first-order valence-corrected chi connectivity index (χ1v) is 12.0. The van der Waals surface area contributed by atoms with E-state index in [4.69, 9.17) is 9.47 Å². The van der Waals surface area contributed by atoms with E-state index in [0.29, 0.717) is 25.0 Å². The van der Waals surface area contributed by atoms with Gasteiger partial charge < -0.3 is 24.3 Å². The lowest BCUT2D eigenvalue weighted by molar-refractivity contribution is -0.0256. The van der Waals surface area contributed by atoms with Gasteiger partial charge in [0.05, 0.1) is 12.8 Å². The Labute approximate surface area is 189 Å². The lowest BCUT2D eigenvalue weighted by atomic mass is 9.51. The molecule has 6 rings (SSSR count). The molecule has 4 atom stereocenters. The average molecular weight is 436 g/mol. The molecule has 2 aliphatic carbocycles. The number of amides is 1. The molecule has 2 bridgehead atoms. The number of hydrogen-bond acceptors (Lipinski definition) is 4. The van der Waals surface area contributed by atoms with E-state index in [1.165, 1.54) is 16.7 Å². The second-order valence-corrected chi connectivity index (χ2v) is 9.98. The van der Waals surface area contributed by atoms with Crippen LogP contribution in [0.25, 0.3) is 0 Å². The summed E-state index contributed by atoms with van der Waals surface area (Å²) < 4.78 is 12.6. The normalized spacial score (nSPS) is 29.2. The highest BCUT2D eigenvalue weighted by molar-refractivity contribution is 5.94. The van der Waals surface area contributed by atoms with Crippen molar-refractivity contribution in [1.29, 1.82) is 0 Å². The highest BCUT2D eigenvalue weighted by atomic mass is 16.5. The number of fused-ring (bicyclic) bond motifs is 2. The van der Waals surface area contributed by atoms with E-state index in [1.54, 1.807) is 7.11 Å². The van der Waals surface area contributed by atoms with Crippen molar-refractivity contribution >= 4 is 5.91 Å². The maximum atomic E-state index is 13.3. The van der Waals surface area contributed by atoms with Gasteiger partial charge in [0, 0.05) is 30.1 Å². The molecule has 1 aromatic carbocycles. The van der Waals surface area contributed by atoms with E-state index in [9.17, 15) is 4.79 Å². The van der Waals surface area contributed by atoms with Crippen LogP contribution in [-0.4, -0.2) is 60.5 Å². The molecular formula is C26H33N3O3. The summed E-state index contributed by atoms with van der Waals surface area (Å²) in [6.45, 7) is 8.68. The van der Waals surface area contributed by atoms with Crippen LogP contribution < -0.4 is 9.47 Å². The first kappa shape index (κ1) is 20.2. The number of aromatic amines is 1. The number of likely N-dealkylation sites (tertiary alicyclic amines) is 1. The number of carbonyl (C=O) groups excluding carboxylic acids is 1. The zero-order valence-corrected chi connectivity index (χ0v) is 19.7. The monoisotopic (exact) mass is 435 g/mol. The maximum absolute atomic E-state index is 13.3. The first-order valence-electron chi connectivity index (χ1n) is 12.0. The molecule has 32 heavy (non-hydrogen) atoms. The summed E-state index contributed by atoms with van der Waals surface area (Å²) in [5, 5.41) is 0. The van der Waals surface area contributed by atoms with Crippen molar-refractivity contribution in [2.75, 3.05) is 33.8 Å². The molecule has 2 aliphatic heterocycles. The van der Waals surface area contributed by atoms with Gasteiger partial charge in [0.2, 0.25) is 0 Å². The van der Waals surface area contributed by atoms with E-state index >= 15 is 0 Å². The summed E-state index contributed by atoms with van der Waals surface area (Å²) in [6.07, 6.45) is 3.03. The van der Waals surface area contributed by atoms with Gasteiger partial charge in [0.1, 0.15) is 11.8 Å². The van der Waals surface area contributed by atoms with Crippen LogP contribution in [0.4, 0.5) is 0 Å². The van der Waals surface area contributed by atoms with Crippen molar-refractivity contribution in [3.05, 3.63) is 45.8 Å². The Kier molecular flexibility index (Phi) is 4.26. The van der Waals surface area contributed by atoms with E-state index in [-0.39, 0.29) is 17.4 Å². The second-order valence-electron chi connectivity index (χ2n) is 9.98. The van der Waals surface area contributed by atoms with E-state index in [1.807, 2.05) is 18.7 Å². The number of methoxy groups -OCH3 is 1. The van der Waals surface area contributed by atoms with Crippen molar-refractivity contribution < 1.29 is 14.3 Å². The van der Waals surface area contributed by atoms with E-state index < -0.39 is 0 Å². The van der Waals surface area contributed by atoms with Crippen LogP contribution in [0.1, 0.15) is 64.8 Å². The summed E-state index contributed by atoms with van der Waals surface area (Å²) in [5.41, 5.74) is 6.99. The summed E-state index contributed by atoms with van der Waals surface area (Å²) >= 11 is 0. The smallest absolute Gasteiger partial charge is 0.270 e. The SMILES string of the molecule is CCN(CC)C(=O)c1[nH]c2c(c1C)CC1C3Cc4ccc(OC)c5c4C1(CCN3C)C2O5. The van der Waals surface area contributed by atoms with Gasteiger partial charge in [-0.1, -0.05) is 6.07 Å². The summed E-state index contributed by atoms with van der Waals surface area (Å²) in [4.78, 5) is 21.4. The molecule has 4 aliphatic rings. The number of ether oxygens (including phenoxy) is 2. The molecule has 1 aromatic heterocycles. The number of likely N-dealkylation sites (N-methyl/N-ethyl adjacent to an activating group) is 1. The predicted octanol–water partition coefficient (Wildman–Crippen LogP) is 3.62. The minimum absolute atomic E-state index is 0.0472. The van der Waals surface area contributed by atoms with Gasteiger partial charge >= 0.3 is 0 Å². The third kappa shape index (κ3) is 2.26. The number of hydrogen-bond donors (Lipinski definition) is 1. The van der Waals surface area contributed by atoms with Crippen molar-refractivity contribution in [1.82, 2.24) is 14.8 Å².